The van der Waals surface area contributed by atoms with Crippen LogP contribution < -0.4 is 10.6 Å². The predicted molar refractivity (Wildman–Crippen MR) is 137 cm³/mol. The summed E-state index contributed by atoms with van der Waals surface area (Å²) in [5.41, 5.74) is 1.63. The van der Waals surface area contributed by atoms with Gasteiger partial charge in [-0.3, -0.25) is 0 Å². The maximum absolute atomic E-state index is 11.7. The molecule has 0 amide bonds. The van der Waals surface area contributed by atoms with Crippen molar-refractivity contribution in [3.8, 4) is 0 Å². The number of aldehydes is 1. The number of unbranched alkanes of at least 4 members (excludes halogenated alkanes) is 2. The molecule has 0 bridgehead atoms. The normalized spacial score (nSPS) is 14.7. The van der Waals surface area contributed by atoms with E-state index in [9.17, 15) is 9.90 Å². The number of carbonyl (C=O) groups is 1. The number of hydrogen-bond donors (Lipinski definition) is 3. The third-order valence-corrected chi connectivity index (χ3v) is 6.65. The molecule has 2 unspecified atom stereocenters. The van der Waals surface area contributed by atoms with E-state index in [0.717, 1.165) is 63.5 Å². The van der Waals surface area contributed by atoms with Crippen LogP contribution in [0.4, 0.5) is 0 Å². The lowest BCUT2D eigenvalue weighted by molar-refractivity contribution is -0.112. The number of benzene rings is 2. The van der Waals surface area contributed by atoms with E-state index in [1.165, 1.54) is 5.56 Å². The fourth-order valence-electron chi connectivity index (χ4n) is 3.97. The lowest BCUT2D eigenvalue weighted by Gasteiger charge is -2.28. The van der Waals surface area contributed by atoms with Gasteiger partial charge < -0.3 is 20.5 Å². The number of aliphatic hydroxyl groups excluding tert-OH is 1. The van der Waals surface area contributed by atoms with Crippen molar-refractivity contribution < 1.29 is 9.90 Å². The first-order valence-corrected chi connectivity index (χ1v) is 12.0. The van der Waals surface area contributed by atoms with Crippen LogP contribution in [-0.2, 0) is 15.6 Å². The van der Waals surface area contributed by atoms with Crippen molar-refractivity contribution in [1.82, 2.24) is 10.6 Å². The number of nitrogens with one attached hydrogen (secondary N) is 2. The molecule has 4 nitrogen and oxygen atoms in total. The van der Waals surface area contributed by atoms with Gasteiger partial charge in [-0.1, -0.05) is 80.4 Å². The molecule has 0 radical (unpaired) electrons. The van der Waals surface area contributed by atoms with Crippen LogP contribution in [0.5, 0.6) is 0 Å². The third-order valence-electron chi connectivity index (χ3n) is 6.36. The van der Waals surface area contributed by atoms with Crippen molar-refractivity contribution in [1.29, 1.82) is 0 Å². The van der Waals surface area contributed by atoms with Gasteiger partial charge in [0.1, 0.15) is 6.29 Å². The summed E-state index contributed by atoms with van der Waals surface area (Å²) in [7, 11) is 0. The second-order valence-corrected chi connectivity index (χ2v) is 9.49. The predicted octanol–water partition coefficient (Wildman–Crippen LogP) is 4.90. The minimum atomic E-state index is -0.428. The van der Waals surface area contributed by atoms with Crippen LogP contribution in [0, 0.1) is 0 Å². The highest BCUT2D eigenvalue weighted by Crippen LogP contribution is 2.29. The zero-order valence-corrected chi connectivity index (χ0v) is 20.3. The summed E-state index contributed by atoms with van der Waals surface area (Å²) < 4.78 is 0. The summed E-state index contributed by atoms with van der Waals surface area (Å²) in [5.74, 6) is 0. The molecule has 0 aliphatic rings. The van der Waals surface area contributed by atoms with Gasteiger partial charge in [-0.05, 0) is 56.0 Å². The fourth-order valence-corrected chi connectivity index (χ4v) is 4.17. The summed E-state index contributed by atoms with van der Waals surface area (Å²) >= 11 is 5.38. The first-order chi connectivity index (χ1) is 15.4. The van der Waals surface area contributed by atoms with Gasteiger partial charge in [0.2, 0.25) is 0 Å². The van der Waals surface area contributed by atoms with E-state index in [2.05, 4.69) is 29.7 Å². The average Bonchev–Trinajstić information content (AvgIpc) is 2.84. The second kappa shape index (κ2) is 13.3. The maximum Gasteiger partial charge on any atom is 0.166 e. The topological polar surface area (TPSA) is 61.4 Å². The molecular formula is C27H38N2O2S. The van der Waals surface area contributed by atoms with Crippen LogP contribution in [0.15, 0.2) is 60.7 Å². The molecule has 0 fully saturated rings. The summed E-state index contributed by atoms with van der Waals surface area (Å²) in [6, 6.07) is 20.2. The Kier molecular flexibility index (Phi) is 10.8. The Hall–Kier alpha value is -2.24. The molecular weight excluding hydrogens is 416 g/mol. The van der Waals surface area contributed by atoms with Crippen LogP contribution in [0.25, 0.3) is 0 Å². The van der Waals surface area contributed by atoms with E-state index in [1.807, 2.05) is 55.5 Å². The van der Waals surface area contributed by atoms with Crippen molar-refractivity contribution in [3.05, 3.63) is 71.8 Å². The molecule has 2 aromatic carbocycles. The van der Waals surface area contributed by atoms with Crippen molar-refractivity contribution in [2.24, 2.45) is 0 Å². The standard InChI is InChI=1S/C27H38N2O2S/c1-26(21-30,23-13-5-3-6-14-23)17-9-11-19-28-25(32)29-20-12-10-18-27(2,22-31)24-15-7-4-8-16-24/h3-8,13-16,21,31H,9-12,17-20,22H2,1-2H3,(H2,28,29,32). The highest BCUT2D eigenvalue weighted by atomic mass is 32.1. The van der Waals surface area contributed by atoms with Crippen LogP contribution in [-0.4, -0.2) is 36.2 Å². The average molecular weight is 455 g/mol. The summed E-state index contributed by atoms with van der Waals surface area (Å²) in [4.78, 5) is 11.7. The van der Waals surface area contributed by atoms with Gasteiger partial charge in [-0.25, -0.2) is 0 Å². The lowest BCUT2D eigenvalue weighted by atomic mass is 9.79. The number of thiocarbonyl (C=S) groups is 1. The van der Waals surface area contributed by atoms with Gasteiger partial charge in [0, 0.05) is 23.9 Å². The van der Waals surface area contributed by atoms with E-state index in [4.69, 9.17) is 12.2 Å². The zero-order chi connectivity index (χ0) is 23.3. The molecule has 0 aromatic heterocycles. The SMILES string of the molecule is CC(C=O)(CCCCNC(=S)NCCCCC(C)(CO)c1ccccc1)c1ccccc1. The van der Waals surface area contributed by atoms with Crippen molar-refractivity contribution >= 4 is 23.6 Å². The maximum atomic E-state index is 11.7. The Morgan fingerprint density at radius 3 is 1.84 bits per heavy atom. The molecule has 0 aliphatic heterocycles. The largest absolute Gasteiger partial charge is 0.395 e. The molecule has 0 saturated heterocycles. The molecule has 32 heavy (non-hydrogen) atoms. The molecule has 2 rings (SSSR count). The lowest BCUT2D eigenvalue weighted by Crippen LogP contribution is -2.36. The van der Waals surface area contributed by atoms with Crippen LogP contribution in [0.2, 0.25) is 0 Å². The summed E-state index contributed by atoms with van der Waals surface area (Å²) in [6.07, 6.45) is 6.77. The first kappa shape index (κ1) is 26.0. The van der Waals surface area contributed by atoms with Gasteiger partial charge >= 0.3 is 0 Å². The Morgan fingerprint density at radius 1 is 0.844 bits per heavy atom. The van der Waals surface area contributed by atoms with Crippen LogP contribution >= 0.6 is 12.2 Å². The Bertz CT molecular complexity index is 815. The number of carbonyl (C=O) groups excluding carboxylic acids is 1. The minimum Gasteiger partial charge on any atom is -0.395 e. The Balaban J connectivity index is 1.58. The molecule has 5 heteroatoms. The number of rotatable bonds is 14. The van der Waals surface area contributed by atoms with E-state index >= 15 is 0 Å². The van der Waals surface area contributed by atoms with Crippen LogP contribution in [0.3, 0.4) is 0 Å². The third kappa shape index (κ3) is 8.03. The summed E-state index contributed by atoms with van der Waals surface area (Å²) in [6.45, 7) is 5.90. The monoisotopic (exact) mass is 454 g/mol. The second-order valence-electron chi connectivity index (χ2n) is 9.08. The Labute approximate surface area is 198 Å². The van der Waals surface area contributed by atoms with Crippen molar-refractivity contribution in [3.63, 3.8) is 0 Å². The van der Waals surface area contributed by atoms with Crippen molar-refractivity contribution in [2.75, 3.05) is 19.7 Å². The molecule has 3 N–H and O–H groups in total. The van der Waals surface area contributed by atoms with Gasteiger partial charge in [0.15, 0.2) is 5.11 Å². The molecule has 2 aromatic rings. The quantitative estimate of drug-likeness (QED) is 0.215. The molecule has 0 spiro atoms. The van der Waals surface area contributed by atoms with E-state index in [-0.39, 0.29) is 12.0 Å². The van der Waals surface area contributed by atoms with E-state index < -0.39 is 5.41 Å². The molecule has 0 aliphatic carbocycles. The van der Waals surface area contributed by atoms with Crippen molar-refractivity contribution in [2.45, 2.75) is 63.2 Å². The zero-order valence-electron chi connectivity index (χ0n) is 19.5. The molecule has 2 atom stereocenters. The molecule has 0 heterocycles. The Morgan fingerprint density at radius 2 is 1.34 bits per heavy atom. The summed E-state index contributed by atoms with van der Waals surface area (Å²) in [5, 5.41) is 17.1. The molecule has 0 saturated carbocycles. The first-order valence-electron chi connectivity index (χ1n) is 11.6. The number of hydrogen-bond acceptors (Lipinski definition) is 3. The molecule has 174 valence electrons. The minimum absolute atomic E-state index is 0.151. The fraction of sp³-hybridized carbons (Fsp3) is 0.481. The van der Waals surface area contributed by atoms with E-state index in [0.29, 0.717) is 5.11 Å². The number of aliphatic hydroxyl groups is 1. The highest BCUT2D eigenvalue weighted by molar-refractivity contribution is 7.80. The smallest absolute Gasteiger partial charge is 0.166 e. The highest BCUT2D eigenvalue weighted by Gasteiger charge is 2.25. The van der Waals surface area contributed by atoms with Gasteiger partial charge in [-0.2, -0.15) is 0 Å². The van der Waals surface area contributed by atoms with Gasteiger partial charge in [-0.15, -0.1) is 0 Å². The van der Waals surface area contributed by atoms with E-state index in [1.54, 1.807) is 0 Å². The van der Waals surface area contributed by atoms with Gasteiger partial charge in [0.25, 0.3) is 0 Å². The van der Waals surface area contributed by atoms with Gasteiger partial charge in [0.05, 0.1) is 6.61 Å². The van der Waals surface area contributed by atoms with Crippen LogP contribution in [0.1, 0.15) is 63.5 Å².